The number of aliphatic hydroxyl groups is 3. The van der Waals surface area contributed by atoms with Gasteiger partial charge in [0.15, 0.2) is 6.10 Å². The molecule has 2 unspecified atom stereocenters. The highest BCUT2D eigenvalue weighted by atomic mass is 31.2. The molecule has 11 nitrogen and oxygen atoms in total. The summed E-state index contributed by atoms with van der Waals surface area (Å²) >= 11 is 0. The van der Waals surface area contributed by atoms with Crippen LogP contribution in [0.3, 0.4) is 0 Å². The molecule has 0 rings (SSSR count). The summed E-state index contributed by atoms with van der Waals surface area (Å²) in [7, 11) is -4.67. The first-order valence-corrected chi connectivity index (χ1v) is 22.5. The maximum Gasteiger partial charge on any atom is 0.472 e. The molecule has 0 aliphatic heterocycles. The highest BCUT2D eigenvalue weighted by Gasteiger charge is 2.27. The predicted molar refractivity (Wildman–Crippen MR) is 225 cm³/mol. The molecule has 0 aromatic rings. The van der Waals surface area contributed by atoms with E-state index in [1.54, 1.807) is 12.2 Å². The maximum atomic E-state index is 12.6. The lowest BCUT2D eigenvalue weighted by Gasteiger charge is -2.20. The molecule has 0 aliphatic carbocycles. The number of hydrogen-bond acceptors (Lipinski definition) is 10. The van der Waals surface area contributed by atoms with E-state index in [9.17, 15) is 29.3 Å². The average molecular weight is 811 g/mol. The van der Waals surface area contributed by atoms with Crippen molar-refractivity contribution in [2.24, 2.45) is 0 Å². The van der Waals surface area contributed by atoms with Gasteiger partial charge in [-0.25, -0.2) is 4.57 Å². The molecule has 0 heterocycles. The van der Waals surface area contributed by atoms with Crippen molar-refractivity contribution in [1.29, 1.82) is 0 Å². The molecule has 0 aromatic heterocycles. The number of unbranched alkanes of at least 4 members (excludes halogenated alkanes) is 12. The van der Waals surface area contributed by atoms with Gasteiger partial charge >= 0.3 is 19.8 Å². The zero-order valence-electron chi connectivity index (χ0n) is 34.4. The fourth-order valence-corrected chi connectivity index (χ4v) is 6.01. The molecule has 0 aliphatic rings. The lowest BCUT2D eigenvalue weighted by atomic mass is 10.0. The first kappa shape index (κ1) is 53.4. The van der Waals surface area contributed by atoms with Gasteiger partial charge in [-0.3, -0.25) is 18.6 Å². The summed E-state index contributed by atoms with van der Waals surface area (Å²) in [4.78, 5) is 34.9. The quantitative estimate of drug-likeness (QED) is 0.0154. The topological polar surface area (TPSA) is 169 Å². The van der Waals surface area contributed by atoms with Gasteiger partial charge in [0.2, 0.25) is 0 Å². The minimum absolute atomic E-state index is 0.104. The molecule has 0 fully saturated rings. The molecule has 0 amide bonds. The Hall–Kier alpha value is -2.63. The van der Waals surface area contributed by atoms with Crippen molar-refractivity contribution in [1.82, 2.24) is 0 Å². The first-order valence-electron chi connectivity index (χ1n) is 21.0. The van der Waals surface area contributed by atoms with Crippen LogP contribution in [0.5, 0.6) is 0 Å². The number of carbonyl (C=O) groups excluding carboxylic acids is 2. The van der Waals surface area contributed by atoms with E-state index in [0.29, 0.717) is 6.42 Å². The van der Waals surface area contributed by atoms with E-state index >= 15 is 0 Å². The Balaban J connectivity index is 4.55. The number of aliphatic hydroxyl groups excluding tert-OH is 3. The second-order valence-electron chi connectivity index (χ2n) is 13.8. The van der Waals surface area contributed by atoms with Crippen LogP contribution >= 0.6 is 7.82 Å². The Kier molecular flexibility index (Phi) is 37.4. The zero-order valence-corrected chi connectivity index (χ0v) is 35.3. The van der Waals surface area contributed by atoms with Crippen molar-refractivity contribution in [3.05, 3.63) is 72.9 Å². The number of carbonyl (C=O) groups is 2. The molecule has 0 aromatic carbocycles. The minimum atomic E-state index is -4.67. The molecule has 322 valence electrons. The van der Waals surface area contributed by atoms with Gasteiger partial charge in [0.25, 0.3) is 0 Å². The Morgan fingerprint density at radius 2 is 1.11 bits per heavy atom. The van der Waals surface area contributed by atoms with Crippen LogP contribution in [0, 0.1) is 0 Å². The van der Waals surface area contributed by atoms with E-state index in [4.69, 9.17) is 19.1 Å². The van der Waals surface area contributed by atoms with Gasteiger partial charge in [-0.2, -0.15) is 0 Å². The van der Waals surface area contributed by atoms with E-state index in [0.717, 1.165) is 51.4 Å². The molecule has 4 N–H and O–H groups in total. The van der Waals surface area contributed by atoms with Crippen molar-refractivity contribution >= 4 is 19.8 Å². The monoisotopic (exact) mass is 811 g/mol. The molecule has 0 radical (unpaired) electrons. The average Bonchev–Trinajstić information content (AvgIpc) is 3.18. The highest BCUT2D eigenvalue weighted by molar-refractivity contribution is 7.47. The van der Waals surface area contributed by atoms with Crippen LogP contribution in [0.1, 0.15) is 149 Å². The minimum Gasteiger partial charge on any atom is -0.462 e. The molecule has 12 heteroatoms. The lowest BCUT2D eigenvalue weighted by molar-refractivity contribution is -0.161. The van der Waals surface area contributed by atoms with Crippen LogP contribution in [0.4, 0.5) is 0 Å². The summed E-state index contributed by atoms with van der Waals surface area (Å²) < 4.78 is 32.5. The van der Waals surface area contributed by atoms with Crippen LogP contribution in [0.2, 0.25) is 0 Å². The van der Waals surface area contributed by atoms with Gasteiger partial charge in [-0.15, -0.1) is 0 Å². The molecule has 0 bridgehead atoms. The molecule has 4 atom stereocenters. The van der Waals surface area contributed by atoms with Crippen molar-refractivity contribution < 1.29 is 52.9 Å². The van der Waals surface area contributed by atoms with Crippen molar-refractivity contribution in [2.45, 2.75) is 167 Å². The Morgan fingerprint density at radius 1 is 0.607 bits per heavy atom. The fraction of sp³-hybridized carbons (Fsp3) is 0.682. The zero-order chi connectivity index (χ0) is 41.4. The second kappa shape index (κ2) is 39.2. The van der Waals surface area contributed by atoms with Crippen molar-refractivity contribution in [3.8, 4) is 0 Å². The molecule has 0 saturated heterocycles. The molecular weight excluding hydrogens is 735 g/mol. The number of phosphoric ester groups is 1. The van der Waals surface area contributed by atoms with Crippen LogP contribution in [0.15, 0.2) is 72.9 Å². The number of ether oxygens (including phenoxy) is 2. The van der Waals surface area contributed by atoms with E-state index in [1.807, 2.05) is 12.2 Å². The number of phosphoric acid groups is 1. The molecule has 0 saturated carbocycles. The van der Waals surface area contributed by atoms with Gasteiger partial charge in [0, 0.05) is 12.8 Å². The highest BCUT2D eigenvalue weighted by Crippen LogP contribution is 2.43. The van der Waals surface area contributed by atoms with E-state index in [1.165, 1.54) is 57.8 Å². The van der Waals surface area contributed by atoms with Gasteiger partial charge < -0.3 is 29.7 Å². The number of hydrogen-bond donors (Lipinski definition) is 4. The standard InChI is InChI=1S/C44H75O11P/c1-3-5-7-9-11-13-15-17-18-19-21-22-24-26-28-30-32-40(46)34-35-43(48)52-38-42(39-54-56(50,51)53-37-41(47)36-45)55-44(49)33-31-29-27-25-23-20-16-14-12-10-8-6-4-2/h5,7,11,13,17-18,21-22,26,28,30,32,40-42,45-47H,3-4,6,8-10,12,14-16,19-20,23-25,27,29,31,33-39H2,1-2H3,(H,50,51)/b7-5-,13-11-,18-17-,22-21-,28-26-,32-30-/t40?,41-,42+/m0/s1. The SMILES string of the molecule is CC/C=C\C/C=C\C/C=C\C/C=C\C/C=C\C=C/C(O)CCC(=O)OC[C@H](COP(=O)(O)OC[C@@H](O)CO)OC(=O)CCCCCCCCCCCCCCC. The number of rotatable bonds is 38. The largest absolute Gasteiger partial charge is 0.472 e. The molecular formula is C44H75O11P. The number of esters is 2. The summed E-state index contributed by atoms with van der Waals surface area (Å²) in [6.45, 7) is 1.97. The third-order valence-corrected chi connectivity index (χ3v) is 9.44. The maximum absolute atomic E-state index is 12.6. The summed E-state index contributed by atoms with van der Waals surface area (Å²) in [5, 5.41) is 28.6. The van der Waals surface area contributed by atoms with Crippen LogP contribution in [0.25, 0.3) is 0 Å². The van der Waals surface area contributed by atoms with Gasteiger partial charge in [0.1, 0.15) is 12.7 Å². The summed E-state index contributed by atoms with van der Waals surface area (Å²) in [6.07, 6.45) is 40.6. The van der Waals surface area contributed by atoms with Crippen molar-refractivity contribution in [2.75, 3.05) is 26.4 Å². The Bertz CT molecular complexity index is 1180. The Morgan fingerprint density at radius 3 is 1.64 bits per heavy atom. The normalized spacial score (nSPS) is 15.2. The summed E-state index contributed by atoms with van der Waals surface area (Å²) in [6, 6.07) is 0. The smallest absolute Gasteiger partial charge is 0.462 e. The van der Waals surface area contributed by atoms with Crippen LogP contribution in [-0.2, 0) is 32.7 Å². The van der Waals surface area contributed by atoms with Crippen LogP contribution in [-0.4, -0.2) is 76.9 Å². The second-order valence-corrected chi connectivity index (χ2v) is 15.3. The van der Waals surface area contributed by atoms with Gasteiger partial charge in [-0.05, 0) is 44.9 Å². The van der Waals surface area contributed by atoms with Gasteiger partial charge in [0.05, 0.1) is 25.9 Å². The fourth-order valence-electron chi connectivity index (χ4n) is 5.22. The predicted octanol–water partition coefficient (Wildman–Crippen LogP) is 9.86. The van der Waals surface area contributed by atoms with E-state index in [-0.39, 0.29) is 19.3 Å². The van der Waals surface area contributed by atoms with E-state index in [2.05, 4.69) is 67.0 Å². The molecule has 0 spiro atoms. The van der Waals surface area contributed by atoms with Crippen molar-refractivity contribution in [3.63, 3.8) is 0 Å². The van der Waals surface area contributed by atoms with Gasteiger partial charge in [-0.1, -0.05) is 164 Å². The van der Waals surface area contributed by atoms with E-state index < -0.39 is 64.5 Å². The first-order chi connectivity index (χ1) is 27.1. The Labute approximate surface area is 338 Å². The summed E-state index contributed by atoms with van der Waals surface area (Å²) in [5.74, 6) is -1.21. The summed E-state index contributed by atoms with van der Waals surface area (Å²) in [5.41, 5.74) is 0. The third kappa shape index (κ3) is 38.3. The lowest BCUT2D eigenvalue weighted by Crippen LogP contribution is -2.30. The van der Waals surface area contributed by atoms with Crippen LogP contribution < -0.4 is 0 Å². The molecule has 56 heavy (non-hydrogen) atoms. The number of allylic oxidation sites excluding steroid dienone is 11. The third-order valence-electron chi connectivity index (χ3n) is 8.49.